The average Bonchev–Trinajstić information content (AvgIpc) is 3.49. The smallest absolute Gasteiger partial charge is 0.290 e. The third-order valence-corrected chi connectivity index (χ3v) is 5.75. The third kappa shape index (κ3) is 4.64. The van der Waals surface area contributed by atoms with Gasteiger partial charge in [0.2, 0.25) is 17.7 Å². The fourth-order valence-corrected chi connectivity index (χ4v) is 4.42. The van der Waals surface area contributed by atoms with E-state index in [1.54, 1.807) is 4.90 Å². The van der Waals surface area contributed by atoms with Gasteiger partial charge in [0.15, 0.2) is 0 Å². The van der Waals surface area contributed by atoms with Crippen LogP contribution in [-0.4, -0.2) is 63.2 Å². The van der Waals surface area contributed by atoms with Gasteiger partial charge in [-0.1, -0.05) is 31.0 Å². The van der Waals surface area contributed by atoms with Crippen molar-refractivity contribution in [2.75, 3.05) is 20.1 Å². The van der Waals surface area contributed by atoms with Crippen molar-refractivity contribution in [1.82, 2.24) is 20.0 Å². The maximum Gasteiger partial charge on any atom is 0.290 e. The van der Waals surface area contributed by atoms with Gasteiger partial charge in [0.25, 0.3) is 6.47 Å². The Morgan fingerprint density at radius 2 is 1.79 bits per heavy atom. The summed E-state index contributed by atoms with van der Waals surface area (Å²) < 4.78 is 5.78. The first kappa shape index (κ1) is 21.0. The van der Waals surface area contributed by atoms with Gasteiger partial charge in [-0.3, -0.25) is 14.5 Å². The molecule has 29 heavy (non-hydrogen) atoms. The first-order valence-corrected chi connectivity index (χ1v) is 10.1. The van der Waals surface area contributed by atoms with Crippen LogP contribution >= 0.6 is 0 Å². The molecule has 1 saturated heterocycles. The number of hydrogen-bond donors (Lipinski definition) is 1. The van der Waals surface area contributed by atoms with E-state index in [-0.39, 0.29) is 17.9 Å². The predicted octanol–water partition coefficient (Wildman–Crippen LogP) is 2.80. The molecule has 1 aliphatic carbocycles. The molecule has 1 aliphatic heterocycles. The number of carboxylic acid groups (broad SMARTS) is 1. The van der Waals surface area contributed by atoms with E-state index in [0.717, 1.165) is 44.3 Å². The maximum atomic E-state index is 13.3. The number of aromatic nitrogens is 2. The van der Waals surface area contributed by atoms with Crippen LogP contribution in [0.1, 0.15) is 44.4 Å². The van der Waals surface area contributed by atoms with Crippen molar-refractivity contribution in [1.29, 1.82) is 0 Å². The van der Waals surface area contributed by atoms with Crippen LogP contribution in [0, 0.1) is 0 Å². The first-order valence-electron chi connectivity index (χ1n) is 10.1. The topological polar surface area (TPSA) is 99.8 Å². The highest BCUT2D eigenvalue weighted by Crippen LogP contribution is 2.39. The van der Waals surface area contributed by atoms with Crippen LogP contribution in [0.15, 0.2) is 34.7 Å². The zero-order chi connectivity index (χ0) is 20.7. The van der Waals surface area contributed by atoms with Gasteiger partial charge in [-0.05, 0) is 50.9 Å². The van der Waals surface area contributed by atoms with E-state index in [0.29, 0.717) is 18.3 Å². The number of amides is 1. The quantitative estimate of drug-likeness (QED) is 0.770. The molecule has 0 bridgehead atoms. The number of likely N-dealkylation sites (tertiary alicyclic amines) is 1. The molecule has 2 heterocycles. The van der Waals surface area contributed by atoms with Crippen molar-refractivity contribution in [3.63, 3.8) is 0 Å². The molecule has 0 unspecified atom stereocenters. The maximum absolute atomic E-state index is 13.3. The van der Waals surface area contributed by atoms with Gasteiger partial charge in [-0.2, -0.15) is 0 Å². The van der Waals surface area contributed by atoms with Crippen molar-refractivity contribution in [3.8, 4) is 11.5 Å². The van der Waals surface area contributed by atoms with Crippen molar-refractivity contribution < 1.29 is 19.1 Å². The number of carbonyl (C=O) groups excluding carboxylic acids is 1. The highest BCUT2D eigenvalue weighted by molar-refractivity contribution is 5.86. The van der Waals surface area contributed by atoms with Crippen LogP contribution in [0.2, 0.25) is 0 Å². The lowest BCUT2D eigenvalue weighted by Gasteiger charge is -2.39. The van der Waals surface area contributed by atoms with Crippen molar-refractivity contribution in [2.45, 2.75) is 50.6 Å². The second kappa shape index (κ2) is 9.65. The summed E-state index contributed by atoms with van der Waals surface area (Å²) in [7, 11) is 1.85. The second-order valence-electron chi connectivity index (χ2n) is 7.57. The number of nitrogens with zero attached hydrogens (tertiary/aromatic N) is 4. The van der Waals surface area contributed by atoms with E-state index in [1.807, 2.05) is 37.4 Å². The van der Waals surface area contributed by atoms with E-state index < -0.39 is 0 Å². The van der Waals surface area contributed by atoms with Crippen LogP contribution in [0.4, 0.5) is 0 Å². The molecule has 0 spiro atoms. The SMILES string of the molecule is CN(Cc1nnc(-c2ccccc2)o1)C(=O)C1(N2CCCC2)CCCC1.O=CO. The average molecular weight is 400 g/mol. The summed E-state index contributed by atoms with van der Waals surface area (Å²) in [5.74, 6) is 1.18. The summed E-state index contributed by atoms with van der Waals surface area (Å²) in [5.41, 5.74) is 0.581. The lowest BCUT2D eigenvalue weighted by molar-refractivity contribution is -0.143. The molecule has 1 saturated carbocycles. The summed E-state index contributed by atoms with van der Waals surface area (Å²) in [6.45, 7) is 2.19. The Bertz CT molecular complexity index is 796. The van der Waals surface area contributed by atoms with Gasteiger partial charge < -0.3 is 14.4 Å². The molecule has 4 rings (SSSR count). The van der Waals surface area contributed by atoms with Gasteiger partial charge in [-0.15, -0.1) is 10.2 Å². The van der Waals surface area contributed by atoms with E-state index in [1.165, 1.54) is 12.8 Å². The number of benzene rings is 1. The summed E-state index contributed by atoms with van der Waals surface area (Å²) in [5, 5.41) is 15.2. The molecular formula is C21H28N4O4. The number of likely N-dealkylation sites (N-methyl/N-ethyl adjacent to an activating group) is 1. The minimum Gasteiger partial charge on any atom is -0.483 e. The third-order valence-electron chi connectivity index (χ3n) is 5.75. The molecular weight excluding hydrogens is 372 g/mol. The molecule has 0 atom stereocenters. The summed E-state index contributed by atoms with van der Waals surface area (Å²) >= 11 is 0. The van der Waals surface area contributed by atoms with E-state index >= 15 is 0 Å². The highest BCUT2D eigenvalue weighted by Gasteiger charge is 2.48. The second-order valence-corrected chi connectivity index (χ2v) is 7.57. The fraction of sp³-hybridized carbons (Fsp3) is 0.524. The lowest BCUT2D eigenvalue weighted by atomic mass is 9.93. The summed E-state index contributed by atoms with van der Waals surface area (Å²) in [6.07, 6.45) is 6.60. The van der Waals surface area contributed by atoms with Crippen molar-refractivity contribution in [3.05, 3.63) is 36.2 Å². The Morgan fingerprint density at radius 1 is 1.17 bits per heavy atom. The van der Waals surface area contributed by atoms with E-state index in [2.05, 4.69) is 15.1 Å². The van der Waals surface area contributed by atoms with Crippen molar-refractivity contribution in [2.24, 2.45) is 0 Å². The monoisotopic (exact) mass is 400 g/mol. The van der Waals surface area contributed by atoms with Crippen LogP contribution in [-0.2, 0) is 16.1 Å². The van der Waals surface area contributed by atoms with Crippen LogP contribution in [0.3, 0.4) is 0 Å². The highest BCUT2D eigenvalue weighted by atomic mass is 16.4. The van der Waals surface area contributed by atoms with Crippen LogP contribution in [0.5, 0.6) is 0 Å². The molecule has 2 fully saturated rings. The first-order chi connectivity index (χ1) is 14.1. The van der Waals surface area contributed by atoms with E-state index in [4.69, 9.17) is 14.3 Å². The molecule has 156 valence electrons. The van der Waals surface area contributed by atoms with Gasteiger partial charge in [0.05, 0.1) is 6.54 Å². The molecule has 0 radical (unpaired) electrons. The molecule has 8 heteroatoms. The Kier molecular flexibility index (Phi) is 6.98. The normalized spacial score (nSPS) is 18.1. The predicted molar refractivity (Wildman–Crippen MR) is 107 cm³/mol. The summed E-state index contributed by atoms with van der Waals surface area (Å²) in [4.78, 5) is 25.9. The number of hydrogen-bond acceptors (Lipinski definition) is 6. The molecule has 2 aliphatic rings. The summed E-state index contributed by atoms with van der Waals surface area (Å²) in [6, 6.07) is 9.70. The Balaban J connectivity index is 0.000000755. The molecule has 1 aromatic heterocycles. The molecule has 2 aromatic rings. The molecule has 1 N–H and O–H groups in total. The molecule has 1 amide bonds. The number of carbonyl (C=O) groups is 2. The van der Waals surface area contributed by atoms with Gasteiger partial charge in [0, 0.05) is 12.6 Å². The van der Waals surface area contributed by atoms with Crippen LogP contribution in [0.25, 0.3) is 11.5 Å². The lowest BCUT2D eigenvalue weighted by Crippen LogP contribution is -2.56. The molecule has 8 nitrogen and oxygen atoms in total. The Morgan fingerprint density at radius 3 is 2.41 bits per heavy atom. The van der Waals surface area contributed by atoms with Crippen molar-refractivity contribution >= 4 is 12.4 Å². The largest absolute Gasteiger partial charge is 0.483 e. The standard InChI is InChI=1S/C20H26N4O2.CH2O2/c1-23(15-17-21-22-18(26-17)16-9-3-2-4-10-16)19(25)20(11-5-6-12-20)24-13-7-8-14-24;2-1-3/h2-4,9-10H,5-8,11-15H2,1H3;1H,(H,2,3). The van der Waals surface area contributed by atoms with Gasteiger partial charge in [0.1, 0.15) is 5.54 Å². The minimum absolute atomic E-state index is 0.205. The molecule has 1 aromatic carbocycles. The van der Waals surface area contributed by atoms with Crippen LogP contribution < -0.4 is 0 Å². The van der Waals surface area contributed by atoms with Gasteiger partial charge in [-0.25, -0.2) is 0 Å². The zero-order valence-corrected chi connectivity index (χ0v) is 16.8. The van der Waals surface area contributed by atoms with E-state index in [9.17, 15) is 4.79 Å². The fourth-order valence-electron chi connectivity index (χ4n) is 4.42. The number of rotatable bonds is 5. The Labute approximate surface area is 170 Å². The van der Waals surface area contributed by atoms with Gasteiger partial charge >= 0.3 is 0 Å². The zero-order valence-electron chi connectivity index (χ0n) is 16.8. The Hall–Kier alpha value is -2.74. The minimum atomic E-state index is -0.312.